The van der Waals surface area contributed by atoms with Crippen LogP contribution < -0.4 is 0 Å². The minimum absolute atomic E-state index is 0.234. The van der Waals surface area contributed by atoms with Crippen molar-refractivity contribution in [3.8, 4) is 0 Å². The molecule has 0 aliphatic heterocycles. The van der Waals surface area contributed by atoms with Crippen LogP contribution in [0.2, 0.25) is 0 Å². The van der Waals surface area contributed by atoms with Gasteiger partial charge in [0.25, 0.3) is 0 Å². The zero-order chi connectivity index (χ0) is 16.2. The van der Waals surface area contributed by atoms with Gasteiger partial charge in [0.15, 0.2) is 5.16 Å². The normalized spacial score (nSPS) is 16.1. The van der Waals surface area contributed by atoms with Crippen molar-refractivity contribution in [3.05, 3.63) is 24.3 Å². The number of imidazole rings is 1. The average Bonchev–Trinajstić information content (AvgIpc) is 2.96. The monoisotopic (exact) mass is 331 g/mol. The number of thioether (sulfide) groups is 1. The highest BCUT2D eigenvalue weighted by Crippen LogP contribution is 2.26. The Bertz CT molecular complexity index is 628. The number of benzene rings is 1. The molecule has 1 aromatic carbocycles. The summed E-state index contributed by atoms with van der Waals surface area (Å²) in [4.78, 5) is 22.7. The van der Waals surface area contributed by atoms with Crippen LogP contribution >= 0.6 is 11.8 Å². The van der Waals surface area contributed by atoms with Gasteiger partial charge >= 0.3 is 0 Å². The van der Waals surface area contributed by atoms with Crippen molar-refractivity contribution in [1.82, 2.24) is 14.9 Å². The fraction of sp³-hybridized carbons (Fsp3) is 0.556. The van der Waals surface area contributed by atoms with E-state index in [-0.39, 0.29) is 11.9 Å². The third kappa shape index (κ3) is 3.89. The van der Waals surface area contributed by atoms with Crippen molar-refractivity contribution in [2.24, 2.45) is 0 Å². The third-order valence-corrected chi connectivity index (χ3v) is 5.37. The van der Waals surface area contributed by atoms with Crippen molar-refractivity contribution in [2.45, 2.75) is 63.2 Å². The molecule has 1 N–H and O–H groups in total. The Morgan fingerprint density at radius 3 is 2.74 bits per heavy atom. The molecule has 1 fully saturated rings. The summed E-state index contributed by atoms with van der Waals surface area (Å²) < 4.78 is 0. The molecule has 0 unspecified atom stereocenters. The van der Waals surface area contributed by atoms with Gasteiger partial charge in [-0.2, -0.15) is 0 Å². The zero-order valence-electron chi connectivity index (χ0n) is 13.9. The first-order valence-corrected chi connectivity index (χ1v) is 9.52. The number of hydrogen-bond donors (Lipinski definition) is 1. The van der Waals surface area contributed by atoms with Crippen LogP contribution in [0.1, 0.15) is 46.0 Å². The second-order valence-corrected chi connectivity index (χ2v) is 7.50. The summed E-state index contributed by atoms with van der Waals surface area (Å²) in [6.07, 6.45) is 6.11. The number of carbonyl (C=O) groups is 1. The Hall–Kier alpha value is -1.49. The number of H-pyrrole nitrogens is 1. The van der Waals surface area contributed by atoms with Crippen molar-refractivity contribution in [2.75, 3.05) is 5.75 Å². The molecule has 1 amide bonds. The molecular weight excluding hydrogens is 306 g/mol. The largest absolute Gasteiger partial charge is 0.337 e. The number of carbonyl (C=O) groups excluding carboxylic acids is 1. The van der Waals surface area contributed by atoms with Gasteiger partial charge in [-0.05, 0) is 38.8 Å². The van der Waals surface area contributed by atoms with Crippen molar-refractivity contribution < 1.29 is 4.79 Å². The van der Waals surface area contributed by atoms with E-state index in [4.69, 9.17) is 0 Å². The van der Waals surface area contributed by atoms with E-state index in [0.717, 1.165) is 29.0 Å². The predicted octanol–water partition coefficient (Wildman–Crippen LogP) is 4.22. The molecular formula is C18H25N3OS. The van der Waals surface area contributed by atoms with E-state index in [1.165, 1.54) is 31.0 Å². The topological polar surface area (TPSA) is 49.0 Å². The van der Waals surface area contributed by atoms with Crippen LogP contribution in [0, 0.1) is 0 Å². The van der Waals surface area contributed by atoms with E-state index in [9.17, 15) is 4.79 Å². The molecule has 4 nitrogen and oxygen atoms in total. The summed E-state index contributed by atoms with van der Waals surface area (Å²) >= 11 is 1.51. The summed E-state index contributed by atoms with van der Waals surface area (Å²) in [7, 11) is 0. The van der Waals surface area contributed by atoms with E-state index in [0.29, 0.717) is 11.8 Å². The lowest BCUT2D eigenvalue weighted by Crippen LogP contribution is -2.46. The van der Waals surface area contributed by atoms with Gasteiger partial charge in [-0.1, -0.05) is 43.2 Å². The first kappa shape index (κ1) is 16.4. The zero-order valence-corrected chi connectivity index (χ0v) is 14.7. The second kappa shape index (κ2) is 7.39. The van der Waals surface area contributed by atoms with Crippen LogP contribution in [0.25, 0.3) is 11.0 Å². The molecule has 124 valence electrons. The molecule has 1 aliphatic carbocycles. The highest BCUT2D eigenvalue weighted by molar-refractivity contribution is 7.99. The summed E-state index contributed by atoms with van der Waals surface area (Å²) in [5.74, 6) is 0.687. The van der Waals surface area contributed by atoms with Gasteiger partial charge < -0.3 is 9.88 Å². The Morgan fingerprint density at radius 1 is 1.30 bits per heavy atom. The number of rotatable bonds is 5. The minimum atomic E-state index is 0.234. The first-order chi connectivity index (χ1) is 11.1. The lowest BCUT2D eigenvalue weighted by atomic mass is 9.93. The van der Waals surface area contributed by atoms with E-state index >= 15 is 0 Å². The maximum atomic E-state index is 12.7. The van der Waals surface area contributed by atoms with Gasteiger partial charge in [0.1, 0.15) is 0 Å². The quantitative estimate of drug-likeness (QED) is 0.834. The van der Waals surface area contributed by atoms with E-state index < -0.39 is 0 Å². The summed E-state index contributed by atoms with van der Waals surface area (Å²) in [5.41, 5.74) is 1.98. The van der Waals surface area contributed by atoms with Gasteiger partial charge in [0.05, 0.1) is 16.8 Å². The van der Waals surface area contributed by atoms with Crippen LogP contribution in [0.5, 0.6) is 0 Å². The number of para-hydroxylation sites is 2. The van der Waals surface area contributed by atoms with Crippen molar-refractivity contribution in [3.63, 3.8) is 0 Å². The minimum Gasteiger partial charge on any atom is -0.337 e. The molecule has 2 aromatic rings. The molecule has 0 saturated heterocycles. The number of hydrogen-bond acceptors (Lipinski definition) is 3. The summed E-state index contributed by atoms with van der Waals surface area (Å²) in [6, 6.07) is 8.65. The van der Waals surface area contributed by atoms with E-state index in [2.05, 4.69) is 28.7 Å². The smallest absolute Gasteiger partial charge is 0.233 e. The van der Waals surface area contributed by atoms with Gasteiger partial charge in [-0.15, -0.1) is 0 Å². The number of nitrogens with one attached hydrogen (secondary N) is 1. The highest BCUT2D eigenvalue weighted by atomic mass is 32.2. The van der Waals surface area contributed by atoms with Crippen LogP contribution in [-0.4, -0.2) is 38.6 Å². The molecule has 0 spiro atoms. The van der Waals surface area contributed by atoms with Gasteiger partial charge in [-0.25, -0.2) is 4.98 Å². The van der Waals surface area contributed by atoms with Crippen LogP contribution in [-0.2, 0) is 4.79 Å². The Kier molecular flexibility index (Phi) is 5.26. The third-order valence-electron chi connectivity index (χ3n) is 4.51. The highest BCUT2D eigenvalue weighted by Gasteiger charge is 2.27. The summed E-state index contributed by atoms with van der Waals surface area (Å²) in [5, 5.41) is 0.826. The maximum absolute atomic E-state index is 12.7. The van der Waals surface area contributed by atoms with Crippen molar-refractivity contribution >= 4 is 28.7 Å². The predicted molar refractivity (Wildman–Crippen MR) is 95.7 cm³/mol. The molecule has 23 heavy (non-hydrogen) atoms. The molecule has 5 heteroatoms. The molecule has 0 radical (unpaired) electrons. The SMILES string of the molecule is CC(C)N(C(=O)CSc1nc2ccccc2[nH]1)C1CCCCC1. The lowest BCUT2D eigenvalue weighted by Gasteiger charge is -2.37. The Labute approximate surface area is 142 Å². The molecule has 0 atom stereocenters. The number of nitrogens with zero attached hydrogens (tertiary/aromatic N) is 2. The standard InChI is InChI=1S/C18H25N3OS/c1-13(2)21(14-8-4-3-5-9-14)17(22)12-23-18-19-15-10-6-7-11-16(15)20-18/h6-7,10-11,13-14H,3-5,8-9,12H2,1-2H3,(H,19,20). The Balaban J connectivity index is 1.64. The van der Waals surface area contributed by atoms with E-state index in [1.54, 1.807) is 0 Å². The van der Waals surface area contributed by atoms with Crippen molar-refractivity contribution in [1.29, 1.82) is 0 Å². The first-order valence-electron chi connectivity index (χ1n) is 8.54. The molecule has 1 aromatic heterocycles. The Morgan fingerprint density at radius 2 is 2.04 bits per heavy atom. The van der Waals surface area contributed by atoms with Gasteiger partial charge in [0, 0.05) is 12.1 Å². The van der Waals surface area contributed by atoms with Crippen LogP contribution in [0.4, 0.5) is 0 Å². The molecule has 0 bridgehead atoms. The number of amides is 1. The molecule has 1 heterocycles. The second-order valence-electron chi connectivity index (χ2n) is 6.53. The lowest BCUT2D eigenvalue weighted by molar-refractivity contribution is -0.133. The fourth-order valence-corrected chi connectivity index (χ4v) is 4.23. The molecule has 3 rings (SSSR count). The molecule has 1 saturated carbocycles. The van der Waals surface area contributed by atoms with Crippen LogP contribution in [0.15, 0.2) is 29.4 Å². The van der Waals surface area contributed by atoms with Gasteiger partial charge in [-0.3, -0.25) is 4.79 Å². The van der Waals surface area contributed by atoms with Gasteiger partial charge in [0.2, 0.25) is 5.91 Å². The number of aromatic nitrogens is 2. The molecule has 1 aliphatic rings. The fourth-order valence-electron chi connectivity index (χ4n) is 3.47. The summed E-state index contributed by atoms with van der Waals surface area (Å²) in [6.45, 7) is 4.25. The van der Waals surface area contributed by atoms with Crippen LogP contribution in [0.3, 0.4) is 0 Å². The number of aromatic amines is 1. The number of fused-ring (bicyclic) bond motifs is 1. The maximum Gasteiger partial charge on any atom is 0.233 e. The van der Waals surface area contributed by atoms with E-state index in [1.807, 2.05) is 24.3 Å². The average molecular weight is 331 g/mol.